The molecule has 1 heterocycles. The Kier molecular flexibility index (Phi) is 5.06. The van der Waals surface area contributed by atoms with Crippen LogP contribution in [0.5, 0.6) is 0 Å². The van der Waals surface area contributed by atoms with Crippen LogP contribution in [0.3, 0.4) is 0 Å². The zero-order valence-corrected chi connectivity index (χ0v) is 11.7. The Morgan fingerprint density at radius 3 is 2.45 bits per heavy atom. The van der Waals surface area contributed by atoms with Gasteiger partial charge in [-0.1, -0.05) is 6.07 Å². The van der Waals surface area contributed by atoms with Crippen molar-refractivity contribution >= 4 is 5.91 Å². The molecule has 0 aromatic heterocycles. The van der Waals surface area contributed by atoms with Gasteiger partial charge in [0.25, 0.3) is 5.91 Å². The van der Waals surface area contributed by atoms with Crippen LogP contribution in [0.2, 0.25) is 0 Å². The Morgan fingerprint density at radius 2 is 1.90 bits per heavy atom. The van der Waals surface area contributed by atoms with E-state index in [0.29, 0.717) is 19.0 Å². The van der Waals surface area contributed by atoms with Crippen LogP contribution in [-0.4, -0.2) is 37.5 Å². The lowest BCUT2D eigenvalue weighted by molar-refractivity contribution is 0.0677. The quantitative estimate of drug-likeness (QED) is 0.920. The third kappa shape index (κ3) is 3.33. The number of hydrogen-bond donors (Lipinski definition) is 1. The standard InChI is InChI=1S/C15H20F2N2O/c1-18-8-5-11-6-9-19(10-7-11)15(20)14-12(16)3-2-4-13(14)17/h2-4,11,18H,5-10H2,1H3. The summed E-state index contributed by atoms with van der Waals surface area (Å²) < 4.78 is 27.2. The molecule has 0 saturated carbocycles. The van der Waals surface area contributed by atoms with E-state index < -0.39 is 23.1 Å². The van der Waals surface area contributed by atoms with Crippen LogP contribution in [0.15, 0.2) is 18.2 Å². The average Bonchev–Trinajstić information content (AvgIpc) is 2.45. The molecule has 0 aliphatic carbocycles. The maximum absolute atomic E-state index is 13.6. The Bertz CT molecular complexity index is 451. The van der Waals surface area contributed by atoms with Crippen molar-refractivity contribution in [3.8, 4) is 0 Å². The summed E-state index contributed by atoms with van der Waals surface area (Å²) in [4.78, 5) is 13.7. The molecule has 1 N–H and O–H groups in total. The summed E-state index contributed by atoms with van der Waals surface area (Å²) in [5.74, 6) is -1.52. The molecule has 5 heteroatoms. The fourth-order valence-electron chi connectivity index (χ4n) is 2.63. The largest absolute Gasteiger partial charge is 0.338 e. The second kappa shape index (κ2) is 6.79. The second-order valence-electron chi connectivity index (χ2n) is 5.22. The fourth-order valence-corrected chi connectivity index (χ4v) is 2.63. The molecule has 0 unspecified atom stereocenters. The number of amides is 1. The summed E-state index contributed by atoms with van der Waals surface area (Å²) in [6.07, 6.45) is 2.86. The highest BCUT2D eigenvalue weighted by molar-refractivity contribution is 5.94. The van der Waals surface area contributed by atoms with Gasteiger partial charge in [0.1, 0.15) is 17.2 Å². The van der Waals surface area contributed by atoms with Crippen LogP contribution in [0, 0.1) is 17.6 Å². The number of halogens is 2. The molecule has 20 heavy (non-hydrogen) atoms. The van der Waals surface area contributed by atoms with Crippen molar-refractivity contribution in [1.29, 1.82) is 0 Å². The van der Waals surface area contributed by atoms with Gasteiger partial charge in [-0.2, -0.15) is 0 Å². The molecular weight excluding hydrogens is 262 g/mol. The first-order valence-corrected chi connectivity index (χ1v) is 7.01. The maximum Gasteiger partial charge on any atom is 0.259 e. The number of carbonyl (C=O) groups excluding carboxylic acids is 1. The van der Waals surface area contributed by atoms with Crippen molar-refractivity contribution in [3.05, 3.63) is 35.4 Å². The molecule has 3 nitrogen and oxygen atoms in total. The lowest BCUT2D eigenvalue weighted by atomic mass is 9.93. The fraction of sp³-hybridized carbons (Fsp3) is 0.533. The molecular formula is C15H20F2N2O. The number of rotatable bonds is 4. The minimum absolute atomic E-state index is 0.429. The number of likely N-dealkylation sites (tertiary alicyclic amines) is 1. The van der Waals surface area contributed by atoms with Crippen LogP contribution in [-0.2, 0) is 0 Å². The maximum atomic E-state index is 13.6. The van der Waals surface area contributed by atoms with E-state index in [-0.39, 0.29) is 0 Å². The van der Waals surface area contributed by atoms with E-state index in [1.807, 2.05) is 7.05 Å². The van der Waals surface area contributed by atoms with Gasteiger partial charge in [-0.25, -0.2) is 8.78 Å². The normalized spacial score (nSPS) is 16.4. The van der Waals surface area contributed by atoms with Crippen molar-refractivity contribution in [1.82, 2.24) is 10.2 Å². The molecule has 1 aliphatic heterocycles. The molecule has 0 radical (unpaired) electrons. The number of piperidine rings is 1. The molecule has 1 saturated heterocycles. The summed E-state index contributed by atoms with van der Waals surface area (Å²) in [6.45, 7) is 2.10. The van der Waals surface area contributed by atoms with Crippen LogP contribution < -0.4 is 5.32 Å². The summed E-state index contributed by atoms with van der Waals surface area (Å²) in [6, 6.07) is 3.51. The van der Waals surface area contributed by atoms with E-state index in [4.69, 9.17) is 0 Å². The van der Waals surface area contributed by atoms with Gasteiger partial charge in [-0.05, 0) is 50.9 Å². The first-order valence-electron chi connectivity index (χ1n) is 7.01. The number of nitrogens with zero attached hydrogens (tertiary/aromatic N) is 1. The van der Waals surface area contributed by atoms with Crippen molar-refractivity contribution in [3.63, 3.8) is 0 Å². The molecule has 2 rings (SSSR count). The van der Waals surface area contributed by atoms with E-state index in [1.54, 1.807) is 4.90 Å². The summed E-state index contributed by atoms with van der Waals surface area (Å²) in [5.41, 5.74) is -0.429. The Morgan fingerprint density at radius 1 is 1.30 bits per heavy atom. The van der Waals surface area contributed by atoms with Crippen LogP contribution in [0.25, 0.3) is 0 Å². The number of nitrogens with one attached hydrogen (secondary N) is 1. The molecule has 1 aromatic rings. The van der Waals surface area contributed by atoms with Crippen molar-refractivity contribution in [2.45, 2.75) is 19.3 Å². The van der Waals surface area contributed by atoms with E-state index in [2.05, 4.69) is 5.32 Å². The zero-order chi connectivity index (χ0) is 14.5. The van der Waals surface area contributed by atoms with Crippen LogP contribution >= 0.6 is 0 Å². The molecule has 0 atom stereocenters. The van der Waals surface area contributed by atoms with Crippen LogP contribution in [0.4, 0.5) is 8.78 Å². The van der Waals surface area contributed by atoms with Gasteiger partial charge in [0.2, 0.25) is 0 Å². The van der Waals surface area contributed by atoms with E-state index in [0.717, 1.165) is 37.9 Å². The summed E-state index contributed by atoms with van der Waals surface area (Å²) in [7, 11) is 1.92. The van der Waals surface area contributed by atoms with Gasteiger partial charge < -0.3 is 10.2 Å². The third-order valence-electron chi connectivity index (χ3n) is 3.88. The van der Waals surface area contributed by atoms with Gasteiger partial charge in [-0.3, -0.25) is 4.79 Å². The highest BCUT2D eigenvalue weighted by atomic mass is 19.1. The molecule has 0 spiro atoms. The Balaban J connectivity index is 1.98. The van der Waals surface area contributed by atoms with Gasteiger partial charge in [0.15, 0.2) is 0 Å². The number of carbonyl (C=O) groups is 1. The Hall–Kier alpha value is -1.49. The van der Waals surface area contributed by atoms with Gasteiger partial charge in [-0.15, -0.1) is 0 Å². The monoisotopic (exact) mass is 282 g/mol. The molecule has 0 bridgehead atoms. The predicted octanol–water partition coefficient (Wildman–Crippen LogP) is 2.43. The topological polar surface area (TPSA) is 32.3 Å². The highest BCUT2D eigenvalue weighted by Gasteiger charge is 2.27. The molecule has 110 valence electrons. The first-order chi connectivity index (χ1) is 9.63. The molecule has 1 fully saturated rings. The van der Waals surface area contributed by atoms with E-state index in [9.17, 15) is 13.6 Å². The van der Waals surface area contributed by atoms with Crippen molar-refractivity contribution < 1.29 is 13.6 Å². The lowest BCUT2D eigenvalue weighted by Crippen LogP contribution is -2.39. The second-order valence-corrected chi connectivity index (χ2v) is 5.22. The van der Waals surface area contributed by atoms with Gasteiger partial charge in [0.05, 0.1) is 0 Å². The van der Waals surface area contributed by atoms with Crippen molar-refractivity contribution in [2.24, 2.45) is 5.92 Å². The van der Waals surface area contributed by atoms with Gasteiger partial charge in [0, 0.05) is 13.1 Å². The smallest absolute Gasteiger partial charge is 0.259 e. The highest BCUT2D eigenvalue weighted by Crippen LogP contribution is 2.23. The lowest BCUT2D eigenvalue weighted by Gasteiger charge is -2.32. The first kappa shape index (κ1) is 14.9. The third-order valence-corrected chi connectivity index (χ3v) is 3.88. The van der Waals surface area contributed by atoms with E-state index >= 15 is 0 Å². The average molecular weight is 282 g/mol. The number of benzene rings is 1. The minimum Gasteiger partial charge on any atom is -0.338 e. The summed E-state index contributed by atoms with van der Waals surface area (Å²) >= 11 is 0. The molecule has 1 aromatic carbocycles. The van der Waals surface area contributed by atoms with Gasteiger partial charge >= 0.3 is 0 Å². The molecule has 1 amide bonds. The predicted molar refractivity (Wildman–Crippen MR) is 73.5 cm³/mol. The molecule has 1 aliphatic rings. The Labute approximate surface area is 118 Å². The SMILES string of the molecule is CNCCC1CCN(C(=O)c2c(F)cccc2F)CC1. The minimum atomic E-state index is -0.785. The van der Waals surface area contributed by atoms with Crippen molar-refractivity contribution in [2.75, 3.05) is 26.7 Å². The van der Waals surface area contributed by atoms with E-state index in [1.165, 1.54) is 6.07 Å². The van der Waals surface area contributed by atoms with Crippen LogP contribution in [0.1, 0.15) is 29.6 Å². The zero-order valence-electron chi connectivity index (χ0n) is 11.7. The number of hydrogen-bond acceptors (Lipinski definition) is 2. The summed E-state index contributed by atoms with van der Waals surface area (Å²) in [5, 5.41) is 3.11.